The van der Waals surface area contributed by atoms with Crippen molar-refractivity contribution in [3.05, 3.63) is 35.4 Å². The van der Waals surface area contributed by atoms with Crippen LogP contribution in [0.2, 0.25) is 0 Å². The van der Waals surface area contributed by atoms with Gasteiger partial charge in [0, 0.05) is 12.5 Å². The van der Waals surface area contributed by atoms with Gasteiger partial charge in [0.15, 0.2) is 0 Å². The molecule has 0 unspecified atom stereocenters. The van der Waals surface area contributed by atoms with Crippen molar-refractivity contribution in [1.29, 1.82) is 5.26 Å². The maximum Gasteiger partial charge on any atom is 0.407 e. The summed E-state index contributed by atoms with van der Waals surface area (Å²) in [6.07, 6.45) is 2.46. The minimum atomic E-state index is -0.484. The standard InChI is InChI=1S/C17H17N3O3/c18-9-10-1-3-11(4-2-10)17(5-6-17)15(21)20-13-7-12-8-14(13)23-16(22)19-12/h1-4,12-14H,5-8H2,(H,19,22)(H,20,21)/t12-,13-,14-/m1/s1. The Morgan fingerprint density at radius 3 is 2.70 bits per heavy atom. The summed E-state index contributed by atoms with van der Waals surface area (Å²) < 4.78 is 5.26. The largest absolute Gasteiger partial charge is 0.444 e. The smallest absolute Gasteiger partial charge is 0.407 e. The van der Waals surface area contributed by atoms with E-state index in [1.165, 1.54) is 0 Å². The molecule has 0 spiro atoms. The molecule has 6 nitrogen and oxygen atoms in total. The monoisotopic (exact) mass is 311 g/mol. The molecular weight excluding hydrogens is 294 g/mol. The molecule has 3 aliphatic rings. The highest BCUT2D eigenvalue weighted by Gasteiger charge is 2.53. The van der Waals surface area contributed by atoms with Crippen molar-refractivity contribution >= 4 is 12.0 Å². The van der Waals surface area contributed by atoms with Crippen LogP contribution in [0.3, 0.4) is 0 Å². The van der Waals surface area contributed by atoms with Gasteiger partial charge in [0.1, 0.15) is 6.10 Å². The third kappa shape index (κ3) is 2.33. The first-order chi connectivity index (χ1) is 11.1. The molecule has 0 aromatic heterocycles. The number of nitrogens with zero attached hydrogens (tertiary/aromatic N) is 1. The summed E-state index contributed by atoms with van der Waals surface area (Å²) in [5.41, 5.74) is 1.06. The van der Waals surface area contributed by atoms with Gasteiger partial charge in [-0.05, 0) is 37.0 Å². The third-order valence-electron chi connectivity index (χ3n) is 5.15. The molecule has 3 atom stereocenters. The minimum absolute atomic E-state index is 0.00388. The molecule has 1 heterocycles. The zero-order chi connectivity index (χ0) is 16.0. The minimum Gasteiger partial charge on any atom is -0.444 e. The van der Waals surface area contributed by atoms with Gasteiger partial charge < -0.3 is 15.4 Å². The zero-order valence-electron chi connectivity index (χ0n) is 12.5. The first kappa shape index (κ1) is 14.1. The summed E-state index contributed by atoms with van der Waals surface area (Å²) in [6.45, 7) is 0. The van der Waals surface area contributed by atoms with Crippen molar-refractivity contribution in [2.45, 2.75) is 49.3 Å². The summed E-state index contributed by atoms with van der Waals surface area (Å²) in [6, 6.07) is 9.27. The maximum absolute atomic E-state index is 12.8. The molecule has 2 aliphatic carbocycles. The molecule has 0 radical (unpaired) electrons. The van der Waals surface area contributed by atoms with E-state index in [1.54, 1.807) is 12.1 Å². The molecule has 2 amide bonds. The second-order valence-corrected chi connectivity index (χ2v) is 6.61. The lowest BCUT2D eigenvalue weighted by Gasteiger charge is -2.24. The molecule has 6 heteroatoms. The summed E-state index contributed by atoms with van der Waals surface area (Å²) in [5.74, 6) is -0.00388. The van der Waals surface area contributed by atoms with Crippen LogP contribution in [-0.2, 0) is 14.9 Å². The van der Waals surface area contributed by atoms with Gasteiger partial charge in [-0.15, -0.1) is 0 Å². The molecule has 4 rings (SSSR count). The van der Waals surface area contributed by atoms with Gasteiger partial charge in [-0.25, -0.2) is 4.79 Å². The predicted octanol–water partition coefficient (Wildman–Crippen LogP) is 1.35. The van der Waals surface area contributed by atoms with Crippen LogP contribution in [0.25, 0.3) is 0 Å². The van der Waals surface area contributed by atoms with E-state index in [1.807, 2.05) is 12.1 Å². The van der Waals surface area contributed by atoms with Crippen molar-refractivity contribution < 1.29 is 14.3 Å². The van der Waals surface area contributed by atoms with Crippen LogP contribution in [-0.4, -0.2) is 30.2 Å². The van der Waals surface area contributed by atoms with Crippen LogP contribution >= 0.6 is 0 Å². The number of hydrogen-bond acceptors (Lipinski definition) is 4. The number of nitrogens with one attached hydrogen (secondary N) is 2. The maximum atomic E-state index is 12.8. The Morgan fingerprint density at radius 2 is 2.04 bits per heavy atom. The van der Waals surface area contributed by atoms with Gasteiger partial charge >= 0.3 is 6.09 Å². The zero-order valence-corrected chi connectivity index (χ0v) is 12.5. The fourth-order valence-corrected chi connectivity index (χ4v) is 3.68. The van der Waals surface area contributed by atoms with Crippen LogP contribution in [0.5, 0.6) is 0 Å². The average molecular weight is 311 g/mol. The fraction of sp³-hybridized carbons (Fsp3) is 0.471. The Balaban J connectivity index is 1.48. The van der Waals surface area contributed by atoms with Crippen LogP contribution < -0.4 is 10.6 Å². The molecule has 118 valence electrons. The molecular formula is C17H17N3O3. The number of hydrogen-bond donors (Lipinski definition) is 2. The molecule has 1 aliphatic heterocycles. The lowest BCUT2D eigenvalue weighted by molar-refractivity contribution is -0.125. The lowest BCUT2D eigenvalue weighted by Crippen LogP contribution is -2.46. The van der Waals surface area contributed by atoms with Gasteiger partial charge in [-0.3, -0.25) is 4.79 Å². The molecule has 2 bridgehead atoms. The Bertz CT molecular complexity index is 703. The number of nitriles is 1. The number of carbonyl (C=O) groups excluding carboxylic acids is 2. The highest BCUT2D eigenvalue weighted by Crippen LogP contribution is 2.48. The van der Waals surface area contributed by atoms with Crippen LogP contribution in [0.4, 0.5) is 4.79 Å². The molecule has 2 N–H and O–H groups in total. The van der Waals surface area contributed by atoms with E-state index in [9.17, 15) is 9.59 Å². The molecule has 2 saturated carbocycles. The normalized spacial score (nSPS) is 29.9. The second kappa shape index (κ2) is 4.98. The average Bonchev–Trinajstić information content (AvgIpc) is 3.30. The number of fused-ring (bicyclic) bond motifs is 2. The molecule has 23 heavy (non-hydrogen) atoms. The second-order valence-electron chi connectivity index (χ2n) is 6.61. The van der Waals surface area contributed by atoms with Crippen molar-refractivity contribution in [3.63, 3.8) is 0 Å². The molecule has 1 aromatic rings. The number of carbonyl (C=O) groups is 2. The summed E-state index contributed by atoms with van der Waals surface area (Å²) in [7, 11) is 0. The SMILES string of the molecule is N#Cc1ccc(C2(C(=O)N[C@@H]3C[C@@H]4C[C@H]3OC(=O)N4)CC2)cc1. The Hall–Kier alpha value is -2.55. The van der Waals surface area contributed by atoms with Crippen LogP contribution in [0.1, 0.15) is 36.8 Å². The Morgan fingerprint density at radius 1 is 1.30 bits per heavy atom. The number of alkyl carbamates (subject to hydrolysis) is 1. The van der Waals surface area contributed by atoms with E-state index >= 15 is 0 Å². The summed E-state index contributed by atoms with van der Waals surface area (Å²) in [4.78, 5) is 24.1. The topological polar surface area (TPSA) is 91.2 Å². The van der Waals surface area contributed by atoms with Crippen molar-refractivity contribution in [2.75, 3.05) is 0 Å². The van der Waals surface area contributed by atoms with Crippen molar-refractivity contribution in [2.24, 2.45) is 0 Å². The van der Waals surface area contributed by atoms with E-state index in [2.05, 4.69) is 16.7 Å². The summed E-state index contributed by atoms with van der Waals surface area (Å²) >= 11 is 0. The van der Waals surface area contributed by atoms with Crippen LogP contribution in [0, 0.1) is 11.3 Å². The predicted molar refractivity (Wildman–Crippen MR) is 80.4 cm³/mol. The number of ether oxygens (including phenoxy) is 1. The summed E-state index contributed by atoms with van der Waals surface area (Å²) in [5, 5.41) is 14.7. The number of amides is 2. The van der Waals surface area contributed by atoms with Crippen LogP contribution in [0.15, 0.2) is 24.3 Å². The molecule has 1 saturated heterocycles. The third-order valence-corrected chi connectivity index (χ3v) is 5.15. The Labute approximate surface area is 133 Å². The molecule has 1 aromatic carbocycles. The van der Waals surface area contributed by atoms with Gasteiger partial charge in [-0.1, -0.05) is 12.1 Å². The molecule has 3 fully saturated rings. The highest BCUT2D eigenvalue weighted by molar-refractivity contribution is 5.91. The van der Waals surface area contributed by atoms with E-state index in [4.69, 9.17) is 10.00 Å². The van der Waals surface area contributed by atoms with E-state index in [0.717, 1.165) is 24.8 Å². The van der Waals surface area contributed by atoms with Gasteiger partial charge in [0.2, 0.25) is 5.91 Å². The van der Waals surface area contributed by atoms with Gasteiger partial charge in [0.25, 0.3) is 0 Å². The van der Waals surface area contributed by atoms with E-state index in [0.29, 0.717) is 12.0 Å². The highest BCUT2D eigenvalue weighted by atomic mass is 16.6. The van der Waals surface area contributed by atoms with E-state index < -0.39 is 11.5 Å². The number of benzene rings is 1. The van der Waals surface area contributed by atoms with Crippen molar-refractivity contribution in [1.82, 2.24) is 10.6 Å². The van der Waals surface area contributed by atoms with Gasteiger partial charge in [0.05, 0.1) is 23.1 Å². The Kier molecular flexibility index (Phi) is 3.05. The van der Waals surface area contributed by atoms with Crippen molar-refractivity contribution in [3.8, 4) is 6.07 Å². The van der Waals surface area contributed by atoms with Gasteiger partial charge in [-0.2, -0.15) is 5.26 Å². The first-order valence-electron chi connectivity index (χ1n) is 7.89. The number of rotatable bonds is 3. The first-order valence-corrected chi connectivity index (χ1v) is 7.89. The van der Waals surface area contributed by atoms with E-state index in [-0.39, 0.29) is 24.1 Å². The quantitative estimate of drug-likeness (QED) is 0.881. The fourth-order valence-electron chi connectivity index (χ4n) is 3.68. The lowest BCUT2D eigenvalue weighted by atomic mass is 9.93.